The van der Waals surface area contributed by atoms with E-state index in [-0.39, 0.29) is 12.7 Å². The first-order chi connectivity index (χ1) is 14.6. The highest BCUT2D eigenvalue weighted by molar-refractivity contribution is 5.60. The summed E-state index contributed by atoms with van der Waals surface area (Å²) in [6.45, 7) is 6.02. The number of hydrogen-bond acceptors (Lipinski definition) is 7. The van der Waals surface area contributed by atoms with Crippen molar-refractivity contribution < 1.29 is 14.6 Å². The molecule has 4 rings (SSSR count). The molecule has 1 aliphatic heterocycles. The minimum Gasteiger partial charge on any atom is -0.393 e. The van der Waals surface area contributed by atoms with E-state index in [4.69, 9.17) is 14.6 Å². The van der Waals surface area contributed by atoms with Crippen LogP contribution in [0.5, 0.6) is 0 Å². The van der Waals surface area contributed by atoms with Crippen LogP contribution in [0.4, 0.5) is 5.82 Å². The Morgan fingerprint density at radius 3 is 2.80 bits per heavy atom. The normalized spacial score (nSPS) is 17.9. The van der Waals surface area contributed by atoms with Crippen molar-refractivity contribution in [1.82, 2.24) is 19.7 Å². The van der Waals surface area contributed by atoms with E-state index in [2.05, 4.69) is 33.9 Å². The van der Waals surface area contributed by atoms with E-state index in [1.54, 1.807) is 4.68 Å². The summed E-state index contributed by atoms with van der Waals surface area (Å²) in [5, 5.41) is 14.4. The molecule has 0 amide bonds. The van der Waals surface area contributed by atoms with Gasteiger partial charge in [-0.15, -0.1) is 0 Å². The summed E-state index contributed by atoms with van der Waals surface area (Å²) >= 11 is 0. The fraction of sp³-hybridized carbons (Fsp3) is 0.409. The van der Waals surface area contributed by atoms with E-state index >= 15 is 0 Å². The van der Waals surface area contributed by atoms with E-state index in [0.29, 0.717) is 18.2 Å². The first-order valence-electron chi connectivity index (χ1n) is 10.1. The van der Waals surface area contributed by atoms with Crippen LogP contribution in [0.1, 0.15) is 24.4 Å². The van der Waals surface area contributed by atoms with E-state index in [9.17, 15) is 5.11 Å². The number of benzene rings is 1. The molecule has 0 aliphatic carbocycles. The van der Waals surface area contributed by atoms with Gasteiger partial charge >= 0.3 is 0 Å². The Kier molecular flexibility index (Phi) is 6.08. The van der Waals surface area contributed by atoms with Crippen molar-refractivity contribution >= 4 is 5.82 Å². The largest absolute Gasteiger partial charge is 0.393 e. The summed E-state index contributed by atoms with van der Waals surface area (Å²) < 4.78 is 12.8. The molecule has 3 aromatic rings. The lowest BCUT2D eigenvalue weighted by Crippen LogP contribution is -2.41. The van der Waals surface area contributed by atoms with Gasteiger partial charge in [-0.1, -0.05) is 23.8 Å². The zero-order valence-corrected chi connectivity index (χ0v) is 17.5. The zero-order valence-electron chi connectivity index (χ0n) is 17.5. The molecule has 0 saturated carbocycles. The first-order valence-corrected chi connectivity index (χ1v) is 10.1. The first kappa shape index (κ1) is 20.5. The average Bonchev–Trinajstić information content (AvgIpc) is 3.25. The molecule has 1 aliphatic rings. The standard InChI is InChI=1S/C22H27N5O3/c1-15-5-4-6-17(11-15)18-7-8-27(25-18)21-12-20(26-9-10-30-16(2)13-26)23-22(24-21)19(14-28)29-3/h4-8,11-12,16,19,28H,9-10,13-14H2,1-3H3/t16-,19+/m1/s1. The predicted octanol–water partition coefficient (Wildman–Crippen LogP) is 2.54. The van der Waals surface area contributed by atoms with Crippen LogP contribution in [0.15, 0.2) is 42.6 Å². The van der Waals surface area contributed by atoms with Crippen LogP contribution < -0.4 is 4.90 Å². The molecule has 0 unspecified atom stereocenters. The lowest BCUT2D eigenvalue weighted by molar-refractivity contribution is 0.0418. The van der Waals surface area contributed by atoms with Gasteiger partial charge in [-0.25, -0.2) is 14.6 Å². The summed E-state index contributed by atoms with van der Waals surface area (Å²) in [7, 11) is 1.54. The number of methoxy groups -OCH3 is 1. The molecule has 0 radical (unpaired) electrons. The minimum atomic E-state index is -0.603. The zero-order chi connectivity index (χ0) is 21.1. The number of aromatic nitrogens is 4. The smallest absolute Gasteiger partial charge is 0.164 e. The van der Waals surface area contributed by atoms with Gasteiger partial charge in [0, 0.05) is 38.0 Å². The van der Waals surface area contributed by atoms with Gasteiger partial charge in [0.1, 0.15) is 11.9 Å². The second kappa shape index (κ2) is 8.91. The van der Waals surface area contributed by atoms with Gasteiger partial charge in [-0.2, -0.15) is 5.10 Å². The highest BCUT2D eigenvalue weighted by Gasteiger charge is 2.22. The molecular weight excluding hydrogens is 382 g/mol. The average molecular weight is 409 g/mol. The molecule has 2 atom stereocenters. The Balaban J connectivity index is 1.73. The van der Waals surface area contributed by atoms with Crippen LogP contribution in [-0.2, 0) is 9.47 Å². The third-order valence-electron chi connectivity index (χ3n) is 5.16. The SMILES string of the molecule is CO[C@@H](CO)c1nc(N2CCO[C@H](C)C2)cc(-n2ccc(-c3cccc(C)c3)n2)n1. The number of hydrogen-bond donors (Lipinski definition) is 1. The van der Waals surface area contributed by atoms with E-state index < -0.39 is 6.10 Å². The second-order valence-electron chi connectivity index (χ2n) is 7.49. The van der Waals surface area contributed by atoms with E-state index in [1.807, 2.05) is 37.4 Å². The maximum atomic E-state index is 9.70. The Bertz CT molecular complexity index is 1000. The molecule has 1 aromatic carbocycles. The summed E-state index contributed by atoms with van der Waals surface area (Å²) in [4.78, 5) is 11.5. The van der Waals surface area contributed by atoms with E-state index in [1.165, 1.54) is 12.7 Å². The van der Waals surface area contributed by atoms with Crippen LogP contribution in [0.25, 0.3) is 17.1 Å². The van der Waals surface area contributed by atoms with Gasteiger partial charge in [0.05, 0.1) is 25.0 Å². The highest BCUT2D eigenvalue weighted by atomic mass is 16.5. The molecule has 158 valence electrons. The summed E-state index contributed by atoms with van der Waals surface area (Å²) in [5.41, 5.74) is 3.10. The molecule has 8 nitrogen and oxygen atoms in total. The van der Waals surface area contributed by atoms with Crippen molar-refractivity contribution in [3.63, 3.8) is 0 Å². The summed E-state index contributed by atoms with van der Waals surface area (Å²) in [5.74, 6) is 1.83. The van der Waals surface area contributed by atoms with Crippen LogP contribution in [0.2, 0.25) is 0 Å². The predicted molar refractivity (Wildman–Crippen MR) is 114 cm³/mol. The van der Waals surface area contributed by atoms with Crippen molar-refractivity contribution in [2.45, 2.75) is 26.1 Å². The van der Waals surface area contributed by atoms with Crippen LogP contribution >= 0.6 is 0 Å². The number of nitrogens with zero attached hydrogens (tertiary/aromatic N) is 5. The molecule has 30 heavy (non-hydrogen) atoms. The molecule has 8 heteroatoms. The molecule has 0 bridgehead atoms. The summed E-state index contributed by atoms with van der Waals surface area (Å²) in [6, 6.07) is 12.1. The second-order valence-corrected chi connectivity index (χ2v) is 7.49. The van der Waals surface area contributed by atoms with E-state index in [0.717, 1.165) is 30.2 Å². The third-order valence-corrected chi connectivity index (χ3v) is 5.16. The van der Waals surface area contributed by atoms with Crippen molar-refractivity contribution in [3.05, 3.63) is 54.0 Å². The topological polar surface area (TPSA) is 85.5 Å². The Morgan fingerprint density at radius 2 is 2.07 bits per heavy atom. The monoisotopic (exact) mass is 409 g/mol. The van der Waals surface area contributed by atoms with Gasteiger partial charge < -0.3 is 19.5 Å². The molecule has 1 N–H and O–H groups in total. The Morgan fingerprint density at radius 1 is 1.23 bits per heavy atom. The van der Waals surface area contributed by atoms with Crippen LogP contribution in [-0.4, -0.2) is 64.4 Å². The number of aliphatic hydroxyl groups is 1. The Hall–Kier alpha value is -2.81. The quantitative estimate of drug-likeness (QED) is 0.670. The van der Waals surface area contributed by atoms with Gasteiger partial charge in [-0.05, 0) is 26.0 Å². The van der Waals surface area contributed by atoms with Gasteiger partial charge in [0.15, 0.2) is 11.6 Å². The number of ether oxygens (including phenoxy) is 2. The molecule has 0 spiro atoms. The minimum absolute atomic E-state index is 0.120. The third kappa shape index (κ3) is 4.35. The fourth-order valence-corrected chi connectivity index (χ4v) is 3.56. The molecule has 1 fully saturated rings. The number of aliphatic hydroxyl groups excluding tert-OH is 1. The molecule has 3 heterocycles. The number of aryl methyl sites for hydroxylation is 1. The highest BCUT2D eigenvalue weighted by Crippen LogP contribution is 2.24. The number of rotatable bonds is 6. The number of anilines is 1. The maximum absolute atomic E-state index is 9.70. The molecular formula is C22H27N5O3. The van der Waals surface area contributed by atoms with Crippen molar-refractivity contribution in [3.8, 4) is 17.1 Å². The van der Waals surface area contributed by atoms with Crippen molar-refractivity contribution in [2.24, 2.45) is 0 Å². The summed E-state index contributed by atoms with van der Waals surface area (Å²) in [6.07, 6.45) is 1.40. The number of morpholine rings is 1. The fourth-order valence-electron chi connectivity index (χ4n) is 3.56. The van der Waals surface area contributed by atoms with Gasteiger partial charge in [0.2, 0.25) is 0 Å². The van der Waals surface area contributed by atoms with Gasteiger partial charge in [0.25, 0.3) is 0 Å². The van der Waals surface area contributed by atoms with Crippen molar-refractivity contribution in [2.75, 3.05) is 38.3 Å². The molecule has 1 saturated heterocycles. The van der Waals surface area contributed by atoms with Crippen LogP contribution in [0.3, 0.4) is 0 Å². The lowest BCUT2D eigenvalue weighted by atomic mass is 10.1. The van der Waals surface area contributed by atoms with Gasteiger partial charge in [-0.3, -0.25) is 0 Å². The van der Waals surface area contributed by atoms with Crippen LogP contribution in [0, 0.1) is 6.92 Å². The Labute approximate surface area is 176 Å². The van der Waals surface area contributed by atoms with Crippen molar-refractivity contribution in [1.29, 1.82) is 0 Å². The maximum Gasteiger partial charge on any atom is 0.164 e. The lowest BCUT2D eigenvalue weighted by Gasteiger charge is -2.32. The molecule has 2 aromatic heterocycles.